The molecule has 0 radical (unpaired) electrons. The average molecular weight is 363 g/mol. The van der Waals surface area contributed by atoms with Gasteiger partial charge in [-0.05, 0) is 39.0 Å². The molecule has 7 heteroatoms. The first-order valence-electron chi connectivity index (χ1n) is 7.23. The maximum absolute atomic E-state index is 13.0. The molecule has 0 saturated heterocycles. The molecule has 0 unspecified atom stereocenters. The van der Waals surface area contributed by atoms with Crippen molar-refractivity contribution in [3.05, 3.63) is 58.5 Å². The Morgan fingerprint density at radius 1 is 1.17 bits per heavy atom. The van der Waals surface area contributed by atoms with E-state index in [4.69, 9.17) is 11.6 Å². The number of carbonyl (C=O) groups is 1. The van der Waals surface area contributed by atoms with Gasteiger partial charge in [-0.1, -0.05) is 29.3 Å². The summed E-state index contributed by atoms with van der Waals surface area (Å²) in [7, 11) is -3.85. The fourth-order valence-corrected chi connectivity index (χ4v) is 4.31. The molecule has 3 aromatic rings. The van der Waals surface area contributed by atoms with Crippen molar-refractivity contribution < 1.29 is 13.2 Å². The molecule has 0 fully saturated rings. The van der Waals surface area contributed by atoms with Gasteiger partial charge in [-0.2, -0.15) is 0 Å². The van der Waals surface area contributed by atoms with Gasteiger partial charge >= 0.3 is 0 Å². The van der Waals surface area contributed by atoms with Crippen molar-refractivity contribution in [3.63, 3.8) is 0 Å². The minimum absolute atomic E-state index is 0.148. The van der Waals surface area contributed by atoms with Gasteiger partial charge in [0.05, 0.1) is 16.1 Å². The zero-order valence-electron chi connectivity index (χ0n) is 13.4. The molecule has 0 bridgehead atoms. The zero-order chi connectivity index (χ0) is 17.6. The molecule has 0 spiro atoms. The van der Waals surface area contributed by atoms with Crippen molar-refractivity contribution in [3.8, 4) is 0 Å². The molecule has 2 aromatic heterocycles. The van der Waals surface area contributed by atoms with E-state index in [1.807, 2.05) is 6.92 Å². The number of ketones is 1. The van der Waals surface area contributed by atoms with E-state index in [1.54, 1.807) is 31.2 Å². The number of hydrogen-bond donors (Lipinski definition) is 0. The number of hydrogen-bond acceptors (Lipinski definition) is 4. The number of rotatable bonds is 3. The topological polar surface area (TPSA) is 69.0 Å². The van der Waals surface area contributed by atoms with Crippen molar-refractivity contribution >= 4 is 38.3 Å². The van der Waals surface area contributed by atoms with Crippen LogP contribution in [-0.2, 0) is 10.0 Å². The number of carbonyl (C=O) groups excluding carboxylic acids is 1. The molecule has 5 nitrogen and oxygen atoms in total. The Morgan fingerprint density at radius 3 is 2.38 bits per heavy atom. The standard InChI is InChI=1S/C17H15ClN2O3S/c1-10-4-6-13(7-5-10)24(22,23)20-9-15(12(3)21)14-8-16(18)19-11(2)17(14)20/h4-9H,1-3H3. The van der Waals surface area contributed by atoms with Crippen LogP contribution in [0.2, 0.25) is 5.15 Å². The molecule has 0 aliphatic heterocycles. The van der Waals surface area contributed by atoms with Crippen LogP contribution >= 0.6 is 11.6 Å². The maximum atomic E-state index is 13.0. The van der Waals surface area contributed by atoms with E-state index in [1.165, 1.54) is 19.2 Å². The number of benzene rings is 1. The SMILES string of the molecule is CC(=O)c1cn(S(=O)(=O)c2ccc(C)cc2)c2c(C)nc(Cl)cc12. The molecule has 0 N–H and O–H groups in total. The lowest BCUT2D eigenvalue weighted by atomic mass is 10.1. The van der Waals surface area contributed by atoms with Crippen LogP contribution in [-0.4, -0.2) is 23.2 Å². The monoisotopic (exact) mass is 362 g/mol. The van der Waals surface area contributed by atoms with Gasteiger partial charge in [0.2, 0.25) is 0 Å². The van der Waals surface area contributed by atoms with Gasteiger partial charge in [0, 0.05) is 17.1 Å². The largest absolute Gasteiger partial charge is 0.294 e. The van der Waals surface area contributed by atoms with Crippen molar-refractivity contribution in [2.75, 3.05) is 0 Å². The second-order valence-electron chi connectivity index (χ2n) is 5.64. The minimum Gasteiger partial charge on any atom is -0.294 e. The molecule has 24 heavy (non-hydrogen) atoms. The normalized spacial score (nSPS) is 11.8. The average Bonchev–Trinajstić information content (AvgIpc) is 2.88. The summed E-state index contributed by atoms with van der Waals surface area (Å²) in [5, 5.41) is 0.698. The lowest BCUT2D eigenvalue weighted by Gasteiger charge is -2.09. The van der Waals surface area contributed by atoms with Crippen molar-refractivity contribution in [1.29, 1.82) is 0 Å². The molecular formula is C17H15ClN2O3S. The number of Topliss-reactive ketones (excluding diaryl/α,β-unsaturated/α-hetero) is 1. The fourth-order valence-electron chi connectivity index (χ4n) is 2.66. The summed E-state index contributed by atoms with van der Waals surface area (Å²) in [6.07, 6.45) is 1.34. The highest BCUT2D eigenvalue weighted by molar-refractivity contribution is 7.90. The maximum Gasteiger partial charge on any atom is 0.268 e. The third kappa shape index (κ3) is 2.61. The molecule has 0 amide bonds. The molecule has 1 aromatic carbocycles. The van der Waals surface area contributed by atoms with E-state index < -0.39 is 10.0 Å². The lowest BCUT2D eigenvalue weighted by molar-refractivity contribution is 0.101. The van der Waals surface area contributed by atoms with Crippen LogP contribution in [0.15, 0.2) is 41.4 Å². The second kappa shape index (κ2) is 5.72. The van der Waals surface area contributed by atoms with Crippen LogP contribution in [0.4, 0.5) is 0 Å². The summed E-state index contributed by atoms with van der Waals surface area (Å²) >= 11 is 5.98. The van der Waals surface area contributed by atoms with Crippen LogP contribution in [0.3, 0.4) is 0 Å². The van der Waals surface area contributed by atoms with Crippen LogP contribution in [0, 0.1) is 13.8 Å². The molecule has 0 aliphatic rings. The zero-order valence-corrected chi connectivity index (χ0v) is 14.9. The quantitative estimate of drug-likeness (QED) is 0.525. The van der Waals surface area contributed by atoms with Gasteiger partial charge in [-0.25, -0.2) is 17.4 Å². The molecule has 124 valence electrons. The highest BCUT2D eigenvalue weighted by atomic mass is 35.5. The van der Waals surface area contributed by atoms with Crippen LogP contribution < -0.4 is 0 Å². The molecule has 0 saturated carbocycles. The predicted octanol–water partition coefficient (Wildman–Crippen LogP) is 3.75. The highest BCUT2D eigenvalue weighted by Gasteiger charge is 2.24. The van der Waals surface area contributed by atoms with E-state index in [9.17, 15) is 13.2 Å². The van der Waals surface area contributed by atoms with Gasteiger partial charge in [0.15, 0.2) is 5.78 Å². The van der Waals surface area contributed by atoms with Crippen LogP contribution in [0.5, 0.6) is 0 Å². The fraction of sp³-hybridized carbons (Fsp3) is 0.176. The number of pyridine rings is 1. The highest BCUT2D eigenvalue weighted by Crippen LogP contribution is 2.30. The smallest absolute Gasteiger partial charge is 0.268 e. The third-order valence-electron chi connectivity index (χ3n) is 3.85. The van der Waals surface area contributed by atoms with Gasteiger partial charge < -0.3 is 0 Å². The summed E-state index contributed by atoms with van der Waals surface area (Å²) < 4.78 is 27.2. The Hall–Kier alpha value is -2.18. The van der Waals surface area contributed by atoms with Crippen molar-refractivity contribution in [2.24, 2.45) is 0 Å². The minimum atomic E-state index is -3.85. The molecule has 3 rings (SSSR count). The first kappa shape index (κ1) is 16.7. The Labute approximate surface area is 144 Å². The number of halogens is 1. The number of aromatic nitrogens is 2. The Morgan fingerprint density at radius 2 is 1.79 bits per heavy atom. The summed E-state index contributed by atoms with van der Waals surface area (Å²) in [6, 6.07) is 8.06. The Balaban J connectivity index is 2.38. The Bertz CT molecular complexity index is 1070. The first-order chi connectivity index (χ1) is 11.2. The summed E-state index contributed by atoms with van der Waals surface area (Å²) in [4.78, 5) is 16.2. The van der Waals surface area contributed by atoms with Crippen LogP contribution in [0.25, 0.3) is 10.9 Å². The second-order valence-corrected chi connectivity index (χ2v) is 7.84. The number of aryl methyl sites for hydroxylation is 2. The molecule has 2 heterocycles. The van der Waals surface area contributed by atoms with Gasteiger partial charge in [0.1, 0.15) is 5.15 Å². The molecule has 0 atom stereocenters. The summed E-state index contributed by atoms with van der Waals surface area (Å²) in [5.74, 6) is -0.237. The van der Waals surface area contributed by atoms with E-state index >= 15 is 0 Å². The first-order valence-corrected chi connectivity index (χ1v) is 9.05. The van der Waals surface area contributed by atoms with Crippen LogP contribution in [0.1, 0.15) is 28.5 Å². The molecular weight excluding hydrogens is 348 g/mol. The van der Waals surface area contributed by atoms with E-state index in [0.717, 1.165) is 9.54 Å². The van der Waals surface area contributed by atoms with E-state index in [0.29, 0.717) is 22.2 Å². The van der Waals surface area contributed by atoms with Crippen molar-refractivity contribution in [1.82, 2.24) is 8.96 Å². The third-order valence-corrected chi connectivity index (χ3v) is 5.72. The number of fused-ring (bicyclic) bond motifs is 1. The summed E-state index contributed by atoms with van der Waals surface area (Å²) in [6.45, 7) is 4.94. The van der Waals surface area contributed by atoms with Gasteiger partial charge in [0.25, 0.3) is 10.0 Å². The molecule has 0 aliphatic carbocycles. The summed E-state index contributed by atoms with van der Waals surface area (Å²) in [5.41, 5.74) is 2.07. The lowest BCUT2D eigenvalue weighted by Crippen LogP contribution is -2.12. The van der Waals surface area contributed by atoms with Crippen molar-refractivity contribution in [2.45, 2.75) is 25.7 Å². The van der Waals surface area contributed by atoms with E-state index in [-0.39, 0.29) is 15.8 Å². The predicted molar refractivity (Wildman–Crippen MR) is 93.2 cm³/mol. The van der Waals surface area contributed by atoms with Gasteiger partial charge in [-0.15, -0.1) is 0 Å². The van der Waals surface area contributed by atoms with E-state index in [2.05, 4.69) is 4.98 Å². The van der Waals surface area contributed by atoms with Gasteiger partial charge in [-0.3, -0.25) is 4.79 Å². The Kier molecular flexibility index (Phi) is 3.97. The number of nitrogens with zero attached hydrogens (tertiary/aromatic N) is 2.